The number of carboxylic acids is 1. The molecule has 0 saturated heterocycles. The molecule has 0 aromatic heterocycles. The zero-order chi connectivity index (χ0) is 20.8. The summed E-state index contributed by atoms with van der Waals surface area (Å²) in [7, 11) is 0. The maximum absolute atomic E-state index is 12.2. The third-order valence-electron chi connectivity index (χ3n) is 4.70. The fraction of sp³-hybridized carbons (Fsp3) is 0.227. The molecular formula is C22H20N2O5. The van der Waals surface area contributed by atoms with Crippen LogP contribution in [0.1, 0.15) is 23.5 Å². The second-order valence-corrected chi connectivity index (χ2v) is 6.54. The first kappa shape index (κ1) is 20.0. The predicted molar refractivity (Wildman–Crippen MR) is 106 cm³/mol. The van der Waals surface area contributed by atoms with Crippen molar-refractivity contribution in [2.24, 2.45) is 0 Å². The molecule has 2 aromatic carbocycles. The van der Waals surface area contributed by atoms with Crippen LogP contribution in [0.25, 0.3) is 11.1 Å². The second kappa shape index (κ2) is 8.93. The van der Waals surface area contributed by atoms with Crippen molar-refractivity contribution in [1.82, 2.24) is 10.6 Å². The van der Waals surface area contributed by atoms with Crippen LogP contribution in [0.3, 0.4) is 0 Å². The standard InChI is InChI=1S/C22H20N2O5/c1-2-11-23-21(27)19(12-20(25)26)24-22(28)29-13-18-16-9-5-3-7-14(16)15-8-4-6-10-17(15)18/h1,3-10,18-19H,11-13H2,(H,23,27)(H,24,28)(H,25,26)/t19-/m0/s1. The highest BCUT2D eigenvalue weighted by molar-refractivity contribution is 5.89. The van der Waals surface area contributed by atoms with Gasteiger partial charge in [0.25, 0.3) is 0 Å². The number of alkyl carbamates (subject to hydrolysis) is 1. The van der Waals surface area contributed by atoms with Gasteiger partial charge in [-0.05, 0) is 22.3 Å². The third kappa shape index (κ3) is 4.55. The van der Waals surface area contributed by atoms with E-state index in [1.165, 1.54) is 0 Å². The van der Waals surface area contributed by atoms with E-state index in [1.807, 2.05) is 48.5 Å². The van der Waals surface area contributed by atoms with Gasteiger partial charge in [-0.15, -0.1) is 6.42 Å². The molecule has 0 fully saturated rings. The molecule has 3 N–H and O–H groups in total. The average Bonchev–Trinajstić information content (AvgIpc) is 3.03. The number of aliphatic carboxylic acids is 1. The number of terminal acetylenes is 1. The van der Waals surface area contributed by atoms with Gasteiger partial charge in [0.05, 0.1) is 13.0 Å². The van der Waals surface area contributed by atoms with Crippen LogP contribution in [-0.2, 0) is 14.3 Å². The summed E-state index contributed by atoms with van der Waals surface area (Å²) in [4.78, 5) is 35.3. The minimum atomic E-state index is -1.28. The molecule has 3 rings (SSSR count). The summed E-state index contributed by atoms with van der Waals surface area (Å²) in [6.07, 6.45) is 3.63. The maximum atomic E-state index is 12.2. The lowest BCUT2D eigenvalue weighted by Gasteiger charge is -2.18. The molecule has 0 heterocycles. The number of rotatable bonds is 7. The van der Waals surface area contributed by atoms with Gasteiger partial charge in [0.15, 0.2) is 0 Å². The summed E-state index contributed by atoms with van der Waals surface area (Å²) in [5, 5.41) is 13.6. The Hall–Kier alpha value is -3.79. The summed E-state index contributed by atoms with van der Waals surface area (Å²) in [5.74, 6) is 0.167. The Morgan fingerprint density at radius 1 is 1.07 bits per heavy atom. The van der Waals surface area contributed by atoms with E-state index < -0.39 is 30.4 Å². The number of carbonyl (C=O) groups is 3. The lowest BCUT2D eigenvalue weighted by Crippen LogP contribution is -2.48. The molecule has 29 heavy (non-hydrogen) atoms. The van der Waals surface area contributed by atoms with Gasteiger partial charge in [0.2, 0.25) is 5.91 Å². The summed E-state index contributed by atoms with van der Waals surface area (Å²) in [6, 6.07) is 14.5. The molecule has 0 unspecified atom stereocenters. The van der Waals surface area contributed by atoms with E-state index in [0.717, 1.165) is 22.3 Å². The van der Waals surface area contributed by atoms with Gasteiger partial charge in [-0.3, -0.25) is 9.59 Å². The fourth-order valence-corrected chi connectivity index (χ4v) is 3.43. The van der Waals surface area contributed by atoms with Crippen LogP contribution < -0.4 is 10.6 Å². The number of nitrogens with one attached hydrogen (secondary N) is 2. The minimum absolute atomic E-state index is 0.0611. The number of fused-ring (bicyclic) bond motifs is 3. The number of benzene rings is 2. The van der Waals surface area contributed by atoms with E-state index in [4.69, 9.17) is 16.3 Å². The van der Waals surface area contributed by atoms with E-state index in [0.29, 0.717) is 0 Å². The van der Waals surface area contributed by atoms with Gasteiger partial charge in [0, 0.05) is 5.92 Å². The number of carbonyl (C=O) groups excluding carboxylic acids is 2. The lowest BCUT2D eigenvalue weighted by atomic mass is 9.98. The van der Waals surface area contributed by atoms with Crippen molar-refractivity contribution in [3.05, 3.63) is 59.7 Å². The summed E-state index contributed by atoms with van der Waals surface area (Å²) in [5.41, 5.74) is 4.29. The van der Waals surface area contributed by atoms with Gasteiger partial charge in [-0.25, -0.2) is 4.79 Å². The highest BCUT2D eigenvalue weighted by Gasteiger charge is 2.30. The van der Waals surface area contributed by atoms with Crippen molar-refractivity contribution in [3.8, 4) is 23.5 Å². The van der Waals surface area contributed by atoms with Crippen molar-refractivity contribution in [2.75, 3.05) is 13.2 Å². The largest absolute Gasteiger partial charge is 0.481 e. The van der Waals surface area contributed by atoms with Crippen LogP contribution in [0.4, 0.5) is 4.79 Å². The molecule has 0 bridgehead atoms. The smallest absolute Gasteiger partial charge is 0.407 e. The van der Waals surface area contributed by atoms with Gasteiger partial charge < -0.3 is 20.5 Å². The SMILES string of the molecule is C#CCNC(=O)[C@H](CC(=O)O)NC(=O)OCC1c2ccccc2-c2ccccc21. The molecule has 0 spiro atoms. The topological polar surface area (TPSA) is 105 Å². The second-order valence-electron chi connectivity index (χ2n) is 6.54. The normalized spacial score (nSPS) is 12.8. The molecular weight excluding hydrogens is 372 g/mol. The molecule has 1 aliphatic carbocycles. The highest BCUT2D eigenvalue weighted by atomic mass is 16.5. The molecule has 7 nitrogen and oxygen atoms in total. The maximum Gasteiger partial charge on any atom is 0.407 e. The molecule has 0 saturated carbocycles. The van der Waals surface area contributed by atoms with Crippen LogP contribution in [0.5, 0.6) is 0 Å². The van der Waals surface area contributed by atoms with Crippen molar-refractivity contribution < 1.29 is 24.2 Å². The Morgan fingerprint density at radius 2 is 1.66 bits per heavy atom. The van der Waals surface area contributed by atoms with Crippen molar-refractivity contribution in [2.45, 2.75) is 18.4 Å². The molecule has 1 aliphatic rings. The first-order chi connectivity index (χ1) is 14.0. The van der Waals surface area contributed by atoms with Crippen LogP contribution in [0, 0.1) is 12.3 Å². The van der Waals surface area contributed by atoms with Gasteiger partial charge in [-0.2, -0.15) is 0 Å². The van der Waals surface area contributed by atoms with E-state index in [1.54, 1.807) is 0 Å². The first-order valence-corrected chi connectivity index (χ1v) is 9.05. The molecule has 7 heteroatoms. The molecule has 2 amide bonds. The van der Waals surface area contributed by atoms with Crippen LogP contribution >= 0.6 is 0 Å². The van der Waals surface area contributed by atoms with Gasteiger partial charge >= 0.3 is 12.1 Å². The number of carboxylic acid groups (broad SMARTS) is 1. The van der Waals surface area contributed by atoms with Crippen LogP contribution in [0.2, 0.25) is 0 Å². The Balaban J connectivity index is 1.67. The lowest BCUT2D eigenvalue weighted by molar-refractivity contribution is -0.139. The first-order valence-electron chi connectivity index (χ1n) is 9.05. The zero-order valence-corrected chi connectivity index (χ0v) is 15.6. The summed E-state index contributed by atoms with van der Waals surface area (Å²) >= 11 is 0. The average molecular weight is 392 g/mol. The van der Waals surface area contributed by atoms with Gasteiger partial charge in [0.1, 0.15) is 12.6 Å². The molecule has 0 radical (unpaired) electrons. The molecule has 2 aromatic rings. The van der Waals surface area contributed by atoms with E-state index >= 15 is 0 Å². The van der Waals surface area contributed by atoms with Crippen LogP contribution in [0.15, 0.2) is 48.5 Å². The number of amides is 2. The van der Waals surface area contributed by atoms with Crippen LogP contribution in [-0.4, -0.2) is 42.3 Å². The van der Waals surface area contributed by atoms with E-state index in [-0.39, 0.29) is 19.1 Å². The van der Waals surface area contributed by atoms with Gasteiger partial charge in [-0.1, -0.05) is 54.5 Å². The van der Waals surface area contributed by atoms with Crippen molar-refractivity contribution >= 4 is 18.0 Å². The fourth-order valence-electron chi connectivity index (χ4n) is 3.43. The Bertz CT molecular complexity index is 934. The summed E-state index contributed by atoms with van der Waals surface area (Å²) in [6.45, 7) is -0.00700. The molecule has 148 valence electrons. The Labute approximate surface area is 168 Å². The summed E-state index contributed by atoms with van der Waals surface area (Å²) < 4.78 is 5.34. The van der Waals surface area contributed by atoms with E-state index in [2.05, 4.69) is 16.6 Å². The van der Waals surface area contributed by atoms with E-state index in [9.17, 15) is 14.4 Å². The quantitative estimate of drug-likeness (QED) is 0.626. The third-order valence-corrected chi connectivity index (χ3v) is 4.70. The number of hydrogen-bond acceptors (Lipinski definition) is 4. The molecule has 1 atom stereocenters. The highest BCUT2D eigenvalue weighted by Crippen LogP contribution is 2.44. The monoisotopic (exact) mass is 392 g/mol. The predicted octanol–water partition coefficient (Wildman–Crippen LogP) is 2.12. The number of ether oxygens (including phenoxy) is 1. The Kier molecular flexibility index (Phi) is 6.15. The Morgan fingerprint density at radius 3 is 2.21 bits per heavy atom. The zero-order valence-electron chi connectivity index (χ0n) is 15.6. The minimum Gasteiger partial charge on any atom is -0.481 e. The van der Waals surface area contributed by atoms with Crippen molar-refractivity contribution in [1.29, 1.82) is 0 Å². The number of hydrogen-bond donors (Lipinski definition) is 3. The molecule has 0 aliphatic heterocycles. The van der Waals surface area contributed by atoms with Crippen molar-refractivity contribution in [3.63, 3.8) is 0 Å².